The Morgan fingerprint density at radius 1 is 1.64 bits per heavy atom. The molecule has 4 nitrogen and oxygen atoms in total. The number of aromatic nitrogens is 2. The summed E-state index contributed by atoms with van der Waals surface area (Å²) in [6.07, 6.45) is 1.69. The second-order valence-electron chi connectivity index (χ2n) is 2.77. The number of alkyl halides is 2. The summed E-state index contributed by atoms with van der Waals surface area (Å²) in [6, 6.07) is 0. The number of imidazole rings is 1. The highest BCUT2D eigenvalue weighted by Crippen LogP contribution is 2.01. The molecule has 0 aliphatic heterocycles. The molecule has 1 N–H and O–H groups in total. The van der Waals surface area contributed by atoms with Crippen molar-refractivity contribution in [3.05, 3.63) is 18.2 Å². The first kappa shape index (κ1) is 10.6. The van der Waals surface area contributed by atoms with Gasteiger partial charge in [-0.1, -0.05) is 0 Å². The molecule has 0 aromatic carbocycles. The summed E-state index contributed by atoms with van der Waals surface area (Å²) >= 11 is 0. The second-order valence-corrected chi connectivity index (χ2v) is 2.77. The molecule has 0 unspecified atom stereocenters. The number of hydrogen-bond donors (Lipinski definition) is 1. The number of amides is 1. The Bertz CT molecular complexity index is 288. The maximum atomic E-state index is 11.9. The van der Waals surface area contributed by atoms with Crippen molar-refractivity contribution in [3.63, 3.8) is 0 Å². The lowest BCUT2D eigenvalue weighted by Gasteiger charge is -1.98. The Morgan fingerprint density at radius 2 is 2.43 bits per heavy atom. The van der Waals surface area contributed by atoms with Crippen LogP contribution in [0.5, 0.6) is 0 Å². The molecule has 1 rings (SSSR count). The fourth-order valence-corrected chi connectivity index (χ4v) is 1.05. The van der Waals surface area contributed by atoms with Gasteiger partial charge in [0.05, 0.1) is 18.6 Å². The quantitative estimate of drug-likeness (QED) is 0.538. The first-order valence-corrected chi connectivity index (χ1v) is 4.18. The molecule has 1 aromatic heterocycles. The second kappa shape index (κ2) is 5.31. The van der Waals surface area contributed by atoms with Crippen molar-refractivity contribution >= 4 is 6.41 Å². The highest BCUT2D eigenvalue weighted by Gasteiger charge is 2.04. The van der Waals surface area contributed by atoms with Gasteiger partial charge in [-0.05, 0) is 0 Å². The molecule has 0 fully saturated rings. The minimum absolute atomic E-state index is 0.339. The summed E-state index contributed by atoms with van der Waals surface area (Å²) in [7, 11) is 0. The predicted molar refractivity (Wildman–Crippen MR) is 46.0 cm³/mol. The maximum Gasteiger partial charge on any atom is 0.256 e. The van der Waals surface area contributed by atoms with E-state index in [0.29, 0.717) is 25.1 Å². The highest BCUT2D eigenvalue weighted by atomic mass is 19.3. The van der Waals surface area contributed by atoms with E-state index in [1.165, 1.54) is 10.9 Å². The van der Waals surface area contributed by atoms with Crippen molar-refractivity contribution in [3.8, 4) is 0 Å². The minimum Gasteiger partial charge on any atom is -0.358 e. The van der Waals surface area contributed by atoms with Crippen LogP contribution in [0, 0.1) is 0 Å². The lowest BCUT2D eigenvalue weighted by atomic mass is 10.3. The van der Waals surface area contributed by atoms with E-state index in [4.69, 9.17) is 0 Å². The van der Waals surface area contributed by atoms with Gasteiger partial charge < -0.3 is 9.88 Å². The molecule has 14 heavy (non-hydrogen) atoms. The summed E-state index contributed by atoms with van der Waals surface area (Å²) in [5.74, 6) is 0. The summed E-state index contributed by atoms with van der Waals surface area (Å²) < 4.78 is 25.2. The SMILES string of the molecule is O=CNCCc1cn(CC(F)F)cn1. The molecule has 6 heteroatoms. The first-order valence-electron chi connectivity index (χ1n) is 4.18. The van der Waals surface area contributed by atoms with Crippen molar-refractivity contribution < 1.29 is 13.6 Å². The molecule has 0 radical (unpaired) electrons. The zero-order chi connectivity index (χ0) is 10.4. The van der Waals surface area contributed by atoms with E-state index in [1.807, 2.05) is 0 Å². The Balaban J connectivity index is 2.38. The van der Waals surface area contributed by atoms with Gasteiger partial charge in [-0.3, -0.25) is 4.79 Å². The van der Waals surface area contributed by atoms with Crippen LogP contribution in [0.15, 0.2) is 12.5 Å². The van der Waals surface area contributed by atoms with Crippen LogP contribution in [-0.2, 0) is 17.8 Å². The maximum absolute atomic E-state index is 11.9. The molecule has 0 aliphatic rings. The molecule has 0 atom stereocenters. The van der Waals surface area contributed by atoms with Gasteiger partial charge in [-0.15, -0.1) is 0 Å². The van der Waals surface area contributed by atoms with Gasteiger partial charge in [-0.25, -0.2) is 13.8 Å². The molecule has 78 valence electrons. The van der Waals surface area contributed by atoms with Gasteiger partial charge in [0.2, 0.25) is 6.41 Å². The van der Waals surface area contributed by atoms with Gasteiger partial charge in [0.15, 0.2) is 0 Å². The summed E-state index contributed by atoms with van der Waals surface area (Å²) in [6.45, 7) is 0.128. The number of hydrogen-bond acceptors (Lipinski definition) is 2. The van der Waals surface area contributed by atoms with Crippen LogP contribution in [0.3, 0.4) is 0 Å². The molecular formula is C8H11F2N3O. The van der Waals surface area contributed by atoms with Crippen LogP contribution in [0.1, 0.15) is 5.69 Å². The number of rotatable bonds is 6. The normalized spacial score (nSPS) is 10.5. The largest absolute Gasteiger partial charge is 0.358 e. The van der Waals surface area contributed by atoms with Gasteiger partial charge in [0.1, 0.15) is 0 Å². The van der Waals surface area contributed by atoms with Crippen LogP contribution in [0.2, 0.25) is 0 Å². The van der Waals surface area contributed by atoms with Crippen LogP contribution in [0.4, 0.5) is 8.78 Å². The topological polar surface area (TPSA) is 46.9 Å². The third-order valence-corrected chi connectivity index (χ3v) is 1.64. The van der Waals surface area contributed by atoms with E-state index in [2.05, 4.69) is 10.3 Å². The molecule has 0 bridgehead atoms. The molecule has 0 aliphatic carbocycles. The molecule has 1 heterocycles. The van der Waals surface area contributed by atoms with Crippen LogP contribution >= 0.6 is 0 Å². The predicted octanol–water partition coefficient (Wildman–Crippen LogP) is 0.437. The minimum atomic E-state index is -2.37. The van der Waals surface area contributed by atoms with Gasteiger partial charge in [0.25, 0.3) is 6.43 Å². The van der Waals surface area contributed by atoms with E-state index >= 15 is 0 Å². The van der Waals surface area contributed by atoms with E-state index in [1.54, 1.807) is 6.20 Å². The van der Waals surface area contributed by atoms with Crippen molar-refractivity contribution in [1.82, 2.24) is 14.9 Å². The average molecular weight is 203 g/mol. The Hall–Kier alpha value is -1.46. The number of carbonyl (C=O) groups excluding carboxylic acids is 1. The molecule has 0 saturated heterocycles. The fraction of sp³-hybridized carbons (Fsp3) is 0.500. The highest BCUT2D eigenvalue weighted by molar-refractivity contribution is 5.45. The number of carbonyl (C=O) groups is 1. The van der Waals surface area contributed by atoms with E-state index in [9.17, 15) is 13.6 Å². The summed E-state index contributed by atoms with van der Waals surface area (Å²) in [5, 5.41) is 2.47. The molecule has 0 spiro atoms. The van der Waals surface area contributed by atoms with E-state index < -0.39 is 6.43 Å². The number of nitrogens with zero attached hydrogens (tertiary/aromatic N) is 2. The monoisotopic (exact) mass is 203 g/mol. The van der Waals surface area contributed by atoms with E-state index in [-0.39, 0.29) is 6.54 Å². The van der Waals surface area contributed by atoms with Gasteiger partial charge in [-0.2, -0.15) is 0 Å². The third kappa shape index (κ3) is 3.51. The fourth-order valence-electron chi connectivity index (χ4n) is 1.05. The summed E-state index contributed by atoms with van der Waals surface area (Å²) in [4.78, 5) is 13.8. The zero-order valence-corrected chi connectivity index (χ0v) is 7.49. The lowest BCUT2D eigenvalue weighted by molar-refractivity contribution is -0.109. The standard InChI is InChI=1S/C8H11F2N3O/c9-8(10)4-13-3-7(12-5-13)1-2-11-6-14/h3,5-6,8H,1-2,4H2,(H,11,14). The van der Waals surface area contributed by atoms with Crippen molar-refractivity contribution in [2.24, 2.45) is 0 Å². The smallest absolute Gasteiger partial charge is 0.256 e. The number of halogens is 2. The first-order chi connectivity index (χ1) is 6.72. The zero-order valence-electron chi connectivity index (χ0n) is 7.49. The van der Waals surface area contributed by atoms with Crippen molar-refractivity contribution in [2.45, 2.75) is 19.4 Å². The average Bonchev–Trinajstić information content (AvgIpc) is 2.52. The van der Waals surface area contributed by atoms with Crippen molar-refractivity contribution in [1.29, 1.82) is 0 Å². The van der Waals surface area contributed by atoms with Crippen LogP contribution in [0.25, 0.3) is 0 Å². The molecular weight excluding hydrogens is 192 g/mol. The van der Waals surface area contributed by atoms with Gasteiger partial charge in [0, 0.05) is 19.2 Å². The molecule has 1 aromatic rings. The lowest BCUT2D eigenvalue weighted by Crippen LogP contribution is -2.14. The van der Waals surface area contributed by atoms with E-state index in [0.717, 1.165) is 0 Å². The summed E-state index contributed by atoms with van der Waals surface area (Å²) in [5.41, 5.74) is 0.694. The molecule has 0 saturated carbocycles. The number of nitrogens with one attached hydrogen (secondary N) is 1. The van der Waals surface area contributed by atoms with Crippen LogP contribution < -0.4 is 5.32 Å². The van der Waals surface area contributed by atoms with Gasteiger partial charge >= 0.3 is 0 Å². The Labute approximate surface area is 79.9 Å². The van der Waals surface area contributed by atoms with Crippen LogP contribution in [-0.4, -0.2) is 28.9 Å². The Morgan fingerprint density at radius 3 is 3.07 bits per heavy atom. The molecule has 1 amide bonds. The Kier molecular flexibility index (Phi) is 4.03. The third-order valence-electron chi connectivity index (χ3n) is 1.64. The van der Waals surface area contributed by atoms with Crippen molar-refractivity contribution in [2.75, 3.05) is 6.54 Å².